The molecule has 18 heavy (non-hydrogen) atoms. The highest BCUT2D eigenvalue weighted by Crippen LogP contribution is 2.21. The minimum absolute atomic E-state index is 0.277. The van der Waals surface area contributed by atoms with E-state index in [-0.39, 0.29) is 5.97 Å². The minimum Gasteiger partial charge on any atom is -0.463 e. The van der Waals surface area contributed by atoms with Gasteiger partial charge in [0.2, 0.25) is 0 Å². The van der Waals surface area contributed by atoms with Gasteiger partial charge in [0, 0.05) is 6.08 Å². The van der Waals surface area contributed by atoms with Gasteiger partial charge in [-0.15, -0.1) is 0 Å². The lowest BCUT2D eigenvalue weighted by Gasteiger charge is -2.10. The molecule has 0 spiro atoms. The Labute approximate surface area is 110 Å². The SMILES string of the molecule is CCOC(=O)C=C(C)c1ccc(C(C)CC)cc1. The van der Waals surface area contributed by atoms with E-state index in [0.29, 0.717) is 12.5 Å². The van der Waals surface area contributed by atoms with E-state index in [0.717, 1.165) is 17.6 Å². The smallest absolute Gasteiger partial charge is 0.331 e. The Kier molecular flexibility index (Phi) is 5.63. The Morgan fingerprint density at radius 2 is 1.89 bits per heavy atom. The fraction of sp³-hybridized carbons (Fsp3) is 0.438. The zero-order valence-electron chi connectivity index (χ0n) is 11.7. The van der Waals surface area contributed by atoms with Crippen molar-refractivity contribution in [3.63, 3.8) is 0 Å². The molecule has 0 aliphatic heterocycles. The van der Waals surface area contributed by atoms with Gasteiger partial charge in [-0.25, -0.2) is 4.79 Å². The number of hydrogen-bond donors (Lipinski definition) is 0. The second-order valence-corrected chi connectivity index (χ2v) is 4.51. The van der Waals surface area contributed by atoms with E-state index >= 15 is 0 Å². The van der Waals surface area contributed by atoms with Crippen molar-refractivity contribution in [2.75, 3.05) is 6.61 Å². The van der Waals surface area contributed by atoms with Gasteiger partial charge in [0.15, 0.2) is 0 Å². The number of hydrogen-bond acceptors (Lipinski definition) is 2. The van der Waals surface area contributed by atoms with E-state index in [1.165, 1.54) is 5.56 Å². The van der Waals surface area contributed by atoms with Crippen molar-refractivity contribution in [2.24, 2.45) is 0 Å². The lowest BCUT2D eigenvalue weighted by atomic mass is 9.96. The molecule has 0 radical (unpaired) electrons. The molecule has 1 unspecified atom stereocenters. The van der Waals surface area contributed by atoms with Crippen LogP contribution in [-0.2, 0) is 9.53 Å². The average Bonchev–Trinajstić information content (AvgIpc) is 2.38. The van der Waals surface area contributed by atoms with Crippen molar-refractivity contribution in [1.29, 1.82) is 0 Å². The highest BCUT2D eigenvalue weighted by atomic mass is 16.5. The van der Waals surface area contributed by atoms with Gasteiger partial charge in [0.25, 0.3) is 0 Å². The monoisotopic (exact) mass is 246 g/mol. The summed E-state index contributed by atoms with van der Waals surface area (Å²) >= 11 is 0. The maximum atomic E-state index is 11.3. The fourth-order valence-electron chi connectivity index (χ4n) is 1.75. The zero-order valence-corrected chi connectivity index (χ0v) is 11.7. The zero-order chi connectivity index (χ0) is 13.5. The van der Waals surface area contributed by atoms with Crippen LogP contribution in [0.25, 0.3) is 5.57 Å². The molecule has 0 amide bonds. The number of carbonyl (C=O) groups is 1. The Hall–Kier alpha value is -1.57. The Bertz CT molecular complexity index is 415. The van der Waals surface area contributed by atoms with Crippen LogP contribution < -0.4 is 0 Å². The van der Waals surface area contributed by atoms with E-state index in [1.54, 1.807) is 6.08 Å². The van der Waals surface area contributed by atoms with Gasteiger partial charge < -0.3 is 4.74 Å². The van der Waals surface area contributed by atoms with Crippen molar-refractivity contribution < 1.29 is 9.53 Å². The highest BCUT2D eigenvalue weighted by molar-refractivity contribution is 5.90. The first-order valence-electron chi connectivity index (χ1n) is 6.53. The molecule has 0 aliphatic rings. The Morgan fingerprint density at radius 1 is 1.28 bits per heavy atom. The lowest BCUT2D eigenvalue weighted by molar-refractivity contribution is -0.137. The first-order valence-corrected chi connectivity index (χ1v) is 6.53. The normalized spacial score (nSPS) is 13.2. The fourth-order valence-corrected chi connectivity index (χ4v) is 1.75. The molecule has 0 aliphatic carbocycles. The van der Waals surface area contributed by atoms with Crippen molar-refractivity contribution in [1.82, 2.24) is 0 Å². The van der Waals surface area contributed by atoms with Crippen LogP contribution in [0.4, 0.5) is 0 Å². The van der Waals surface area contributed by atoms with Gasteiger partial charge >= 0.3 is 5.97 Å². The van der Waals surface area contributed by atoms with Crippen LogP contribution in [0.15, 0.2) is 30.3 Å². The van der Waals surface area contributed by atoms with Crippen LogP contribution in [0, 0.1) is 0 Å². The lowest BCUT2D eigenvalue weighted by Crippen LogP contribution is -2.00. The van der Waals surface area contributed by atoms with Gasteiger partial charge in [0.05, 0.1) is 6.61 Å². The number of carbonyl (C=O) groups excluding carboxylic acids is 1. The topological polar surface area (TPSA) is 26.3 Å². The van der Waals surface area contributed by atoms with Gasteiger partial charge in [-0.1, -0.05) is 38.1 Å². The van der Waals surface area contributed by atoms with E-state index < -0.39 is 0 Å². The molecule has 1 aromatic rings. The van der Waals surface area contributed by atoms with Crippen LogP contribution in [0.1, 0.15) is 51.2 Å². The molecule has 98 valence electrons. The van der Waals surface area contributed by atoms with Crippen LogP contribution in [0.2, 0.25) is 0 Å². The van der Waals surface area contributed by atoms with E-state index in [4.69, 9.17) is 4.74 Å². The molecule has 1 aromatic carbocycles. The molecular weight excluding hydrogens is 224 g/mol. The summed E-state index contributed by atoms with van der Waals surface area (Å²) < 4.78 is 4.90. The summed E-state index contributed by atoms with van der Waals surface area (Å²) in [6, 6.07) is 8.39. The van der Waals surface area contributed by atoms with Crippen molar-refractivity contribution in [3.8, 4) is 0 Å². The van der Waals surface area contributed by atoms with Gasteiger partial charge in [0.1, 0.15) is 0 Å². The van der Waals surface area contributed by atoms with E-state index in [1.807, 2.05) is 13.8 Å². The summed E-state index contributed by atoms with van der Waals surface area (Å²) in [4.78, 5) is 11.3. The molecule has 0 N–H and O–H groups in total. The summed E-state index contributed by atoms with van der Waals surface area (Å²) in [5.41, 5.74) is 3.34. The third-order valence-corrected chi connectivity index (χ3v) is 3.17. The molecule has 1 atom stereocenters. The second kappa shape index (κ2) is 7.00. The molecule has 0 saturated carbocycles. The van der Waals surface area contributed by atoms with Crippen LogP contribution >= 0.6 is 0 Å². The predicted octanol–water partition coefficient (Wildman–Crippen LogP) is 4.17. The van der Waals surface area contributed by atoms with Crippen LogP contribution in [-0.4, -0.2) is 12.6 Å². The highest BCUT2D eigenvalue weighted by Gasteiger charge is 2.04. The summed E-state index contributed by atoms with van der Waals surface area (Å²) in [6.07, 6.45) is 2.68. The minimum atomic E-state index is -0.277. The Balaban J connectivity index is 2.81. The third kappa shape index (κ3) is 4.02. The van der Waals surface area contributed by atoms with Crippen molar-refractivity contribution in [3.05, 3.63) is 41.5 Å². The standard InChI is InChI=1S/C16H22O2/c1-5-12(3)14-7-9-15(10-8-14)13(4)11-16(17)18-6-2/h7-12H,5-6H2,1-4H3. The number of rotatable bonds is 5. The quantitative estimate of drug-likeness (QED) is 0.576. The van der Waals surface area contributed by atoms with Crippen molar-refractivity contribution in [2.45, 2.75) is 40.0 Å². The maximum absolute atomic E-state index is 11.3. The average molecular weight is 246 g/mol. The molecule has 0 saturated heterocycles. The first-order chi connectivity index (χ1) is 8.58. The summed E-state index contributed by atoms with van der Waals surface area (Å²) in [5.74, 6) is 0.300. The molecule has 0 bridgehead atoms. The van der Waals surface area contributed by atoms with Crippen molar-refractivity contribution >= 4 is 11.5 Å². The van der Waals surface area contributed by atoms with E-state index in [9.17, 15) is 4.79 Å². The largest absolute Gasteiger partial charge is 0.463 e. The summed E-state index contributed by atoms with van der Waals surface area (Å²) in [7, 11) is 0. The number of ether oxygens (including phenoxy) is 1. The molecule has 0 aromatic heterocycles. The second-order valence-electron chi connectivity index (χ2n) is 4.51. The molecule has 0 heterocycles. The summed E-state index contributed by atoms with van der Waals surface area (Å²) in [5, 5.41) is 0. The first kappa shape index (κ1) is 14.5. The summed E-state index contributed by atoms with van der Waals surface area (Å²) in [6.45, 7) is 8.55. The molecule has 2 heteroatoms. The molecule has 2 nitrogen and oxygen atoms in total. The Morgan fingerprint density at radius 3 is 2.39 bits per heavy atom. The van der Waals surface area contributed by atoms with Crippen LogP contribution in [0.5, 0.6) is 0 Å². The molecular formula is C16H22O2. The van der Waals surface area contributed by atoms with E-state index in [2.05, 4.69) is 38.1 Å². The molecule has 1 rings (SSSR count). The van der Waals surface area contributed by atoms with Gasteiger partial charge in [-0.2, -0.15) is 0 Å². The van der Waals surface area contributed by atoms with Gasteiger partial charge in [-0.05, 0) is 42.9 Å². The maximum Gasteiger partial charge on any atom is 0.331 e. The predicted molar refractivity (Wildman–Crippen MR) is 75.4 cm³/mol. The van der Waals surface area contributed by atoms with Gasteiger partial charge in [-0.3, -0.25) is 0 Å². The third-order valence-electron chi connectivity index (χ3n) is 3.17. The number of esters is 1. The van der Waals surface area contributed by atoms with Crippen LogP contribution in [0.3, 0.4) is 0 Å². The number of benzene rings is 1. The number of allylic oxidation sites excluding steroid dienone is 1. The molecule has 0 fully saturated rings.